The Morgan fingerprint density at radius 3 is 2.64 bits per heavy atom. The van der Waals surface area contributed by atoms with E-state index in [0.29, 0.717) is 23.2 Å². The summed E-state index contributed by atoms with van der Waals surface area (Å²) in [6.45, 7) is 0.605. The van der Waals surface area contributed by atoms with E-state index in [1.807, 2.05) is 30.3 Å². The average Bonchev–Trinajstić information content (AvgIpc) is 3.37. The quantitative estimate of drug-likeness (QED) is 0.406. The van der Waals surface area contributed by atoms with Crippen molar-refractivity contribution < 1.29 is 14.1 Å². The third kappa shape index (κ3) is 3.48. The molecule has 0 fully saturated rings. The molecule has 0 atom stereocenters. The van der Waals surface area contributed by atoms with Gasteiger partial charge in [-0.15, -0.1) is 0 Å². The zero-order chi connectivity index (χ0) is 19.5. The number of non-ortho nitro benzene ring substituents is 1. The Morgan fingerprint density at radius 1 is 1.11 bits per heavy atom. The number of nitro benzene ring substituents is 1. The normalized spacial score (nSPS) is 10.9. The highest BCUT2D eigenvalue weighted by molar-refractivity contribution is 6.05. The van der Waals surface area contributed by atoms with Crippen molar-refractivity contribution in [3.63, 3.8) is 0 Å². The molecule has 1 N–H and O–H groups in total. The number of aromatic nitrogens is 2. The smallest absolute Gasteiger partial charge is 0.275 e. The summed E-state index contributed by atoms with van der Waals surface area (Å²) < 4.78 is 5.40. The van der Waals surface area contributed by atoms with Gasteiger partial charge in [0.05, 0.1) is 23.2 Å². The summed E-state index contributed by atoms with van der Waals surface area (Å²) in [6.07, 6.45) is 1.55. The van der Waals surface area contributed by atoms with Crippen LogP contribution in [0.15, 0.2) is 71.3 Å². The SMILES string of the molecule is O=C(c1n[nH]c2ccc([N+](=O)[O-])cc12)N(Cc1ccccc1)Cc1ccco1. The number of fused-ring (bicyclic) bond motifs is 1. The summed E-state index contributed by atoms with van der Waals surface area (Å²) >= 11 is 0. The van der Waals surface area contributed by atoms with E-state index in [9.17, 15) is 14.9 Å². The van der Waals surface area contributed by atoms with E-state index in [1.54, 1.807) is 29.4 Å². The zero-order valence-electron chi connectivity index (χ0n) is 14.7. The fourth-order valence-electron chi connectivity index (χ4n) is 3.02. The van der Waals surface area contributed by atoms with Crippen LogP contribution in [0.4, 0.5) is 5.69 Å². The Hall–Kier alpha value is -3.94. The lowest BCUT2D eigenvalue weighted by Gasteiger charge is -2.21. The first-order valence-electron chi connectivity index (χ1n) is 8.60. The van der Waals surface area contributed by atoms with E-state index < -0.39 is 4.92 Å². The molecule has 28 heavy (non-hydrogen) atoms. The fraction of sp³-hybridized carbons (Fsp3) is 0.100. The Bertz CT molecular complexity index is 1120. The van der Waals surface area contributed by atoms with Crippen molar-refractivity contribution in [2.45, 2.75) is 13.1 Å². The van der Waals surface area contributed by atoms with Crippen molar-refractivity contribution >= 4 is 22.5 Å². The lowest BCUT2D eigenvalue weighted by molar-refractivity contribution is -0.384. The van der Waals surface area contributed by atoms with E-state index in [-0.39, 0.29) is 23.8 Å². The minimum absolute atomic E-state index is 0.0939. The minimum Gasteiger partial charge on any atom is -0.467 e. The molecular weight excluding hydrogens is 360 g/mol. The third-order valence-corrected chi connectivity index (χ3v) is 4.39. The van der Waals surface area contributed by atoms with Crippen molar-refractivity contribution in [3.8, 4) is 0 Å². The molecule has 2 heterocycles. The molecule has 0 aliphatic carbocycles. The monoisotopic (exact) mass is 376 g/mol. The van der Waals surface area contributed by atoms with Crippen LogP contribution in [0, 0.1) is 10.1 Å². The van der Waals surface area contributed by atoms with Gasteiger partial charge in [-0.3, -0.25) is 20.0 Å². The molecule has 0 spiro atoms. The van der Waals surface area contributed by atoms with Crippen molar-refractivity contribution in [1.82, 2.24) is 15.1 Å². The highest BCUT2D eigenvalue weighted by Crippen LogP contribution is 2.24. The lowest BCUT2D eigenvalue weighted by atomic mass is 10.1. The summed E-state index contributed by atoms with van der Waals surface area (Å²) in [4.78, 5) is 25.5. The van der Waals surface area contributed by atoms with Gasteiger partial charge in [-0.2, -0.15) is 5.10 Å². The Morgan fingerprint density at radius 2 is 1.93 bits per heavy atom. The van der Waals surface area contributed by atoms with Crippen LogP contribution >= 0.6 is 0 Å². The first kappa shape index (κ1) is 17.5. The third-order valence-electron chi connectivity index (χ3n) is 4.39. The maximum atomic E-state index is 13.3. The second-order valence-electron chi connectivity index (χ2n) is 6.29. The molecule has 0 saturated carbocycles. The first-order chi connectivity index (χ1) is 13.6. The number of hydrogen-bond donors (Lipinski definition) is 1. The second kappa shape index (κ2) is 7.36. The van der Waals surface area contributed by atoms with Crippen LogP contribution in [0.25, 0.3) is 10.9 Å². The van der Waals surface area contributed by atoms with Crippen LogP contribution in [0.2, 0.25) is 0 Å². The predicted octanol–water partition coefficient (Wildman–Crippen LogP) is 3.91. The predicted molar refractivity (Wildman–Crippen MR) is 101 cm³/mol. The van der Waals surface area contributed by atoms with E-state index in [4.69, 9.17) is 4.42 Å². The molecule has 0 aliphatic rings. The summed E-state index contributed by atoms with van der Waals surface area (Å²) in [7, 11) is 0. The van der Waals surface area contributed by atoms with Crippen LogP contribution in [0.5, 0.6) is 0 Å². The van der Waals surface area contributed by atoms with E-state index in [1.165, 1.54) is 12.1 Å². The molecule has 0 aliphatic heterocycles. The molecule has 2 aromatic carbocycles. The van der Waals surface area contributed by atoms with E-state index in [0.717, 1.165) is 5.56 Å². The van der Waals surface area contributed by atoms with E-state index in [2.05, 4.69) is 10.2 Å². The van der Waals surface area contributed by atoms with Crippen molar-refractivity contribution in [2.75, 3.05) is 0 Å². The fourth-order valence-corrected chi connectivity index (χ4v) is 3.02. The number of nitrogens with zero attached hydrogens (tertiary/aromatic N) is 3. The van der Waals surface area contributed by atoms with Gasteiger partial charge >= 0.3 is 0 Å². The number of nitrogens with one attached hydrogen (secondary N) is 1. The molecule has 4 rings (SSSR count). The van der Waals surface area contributed by atoms with Crippen molar-refractivity contribution in [2.24, 2.45) is 0 Å². The van der Waals surface area contributed by atoms with Gasteiger partial charge in [0.15, 0.2) is 5.69 Å². The van der Waals surface area contributed by atoms with Crippen LogP contribution in [0.1, 0.15) is 21.8 Å². The molecule has 4 aromatic rings. The zero-order valence-corrected chi connectivity index (χ0v) is 14.7. The molecule has 0 radical (unpaired) electrons. The molecule has 1 amide bonds. The van der Waals surface area contributed by atoms with Gasteiger partial charge in [0.1, 0.15) is 5.76 Å². The minimum atomic E-state index is -0.495. The molecule has 2 aromatic heterocycles. The number of carbonyl (C=O) groups excluding carboxylic acids is 1. The summed E-state index contributed by atoms with van der Waals surface area (Å²) in [6, 6.07) is 17.4. The van der Waals surface area contributed by atoms with Gasteiger partial charge < -0.3 is 9.32 Å². The Kier molecular flexibility index (Phi) is 4.59. The molecular formula is C20H16N4O4. The highest BCUT2D eigenvalue weighted by atomic mass is 16.6. The van der Waals surface area contributed by atoms with Crippen LogP contribution in [-0.2, 0) is 13.1 Å². The second-order valence-corrected chi connectivity index (χ2v) is 6.29. The van der Waals surface area contributed by atoms with Crippen LogP contribution in [0.3, 0.4) is 0 Å². The van der Waals surface area contributed by atoms with Gasteiger partial charge in [-0.1, -0.05) is 30.3 Å². The molecule has 0 unspecified atom stereocenters. The number of nitro groups is 1. The number of carbonyl (C=O) groups is 1. The van der Waals surface area contributed by atoms with Crippen LogP contribution in [-0.4, -0.2) is 25.9 Å². The van der Waals surface area contributed by atoms with Gasteiger partial charge in [0.25, 0.3) is 11.6 Å². The molecule has 0 bridgehead atoms. The maximum Gasteiger partial charge on any atom is 0.275 e. The lowest BCUT2D eigenvalue weighted by Crippen LogP contribution is -2.30. The summed E-state index contributed by atoms with van der Waals surface area (Å²) in [5.41, 5.74) is 1.56. The van der Waals surface area contributed by atoms with Gasteiger partial charge in [-0.05, 0) is 23.8 Å². The number of rotatable bonds is 6. The number of amides is 1. The van der Waals surface area contributed by atoms with Gasteiger partial charge in [0, 0.05) is 24.1 Å². The Labute approximate surface area is 159 Å². The first-order valence-corrected chi connectivity index (χ1v) is 8.60. The van der Waals surface area contributed by atoms with E-state index >= 15 is 0 Å². The number of benzene rings is 2. The number of aromatic amines is 1. The van der Waals surface area contributed by atoms with Gasteiger partial charge in [0.2, 0.25) is 0 Å². The average molecular weight is 376 g/mol. The largest absolute Gasteiger partial charge is 0.467 e. The number of furan rings is 1. The molecule has 8 nitrogen and oxygen atoms in total. The summed E-state index contributed by atoms with van der Waals surface area (Å²) in [5, 5.41) is 18.4. The Balaban J connectivity index is 1.71. The van der Waals surface area contributed by atoms with Gasteiger partial charge in [-0.25, -0.2) is 0 Å². The van der Waals surface area contributed by atoms with Crippen molar-refractivity contribution in [1.29, 1.82) is 0 Å². The summed E-state index contributed by atoms with van der Waals surface area (Å²) in [5.74, 6) is 0.294. The molecule has 8 heteroatoms. The standard InChI is InChI=1S/C20H16N4O4/c25-20(19-17-11-15(24(26)27)8-9-18(17)21-22-19)23(13-16-7-4-10-28-16)12-14-5-2-1-3-6-14/h1-11H,12-13H2,(H,21,22). The highest BCUT2D eigenvalue weighted by Gasteiger charge is 2.23. The topological polar surface area (TPSA) is 105 Å². The molecule has 0 saturated heterocycles. The number of hydrogen-bond acceptors (Lipinski definition) is 5. The number of H-pyrrole nitrogens is 1. The molecule has 140 valence electrons. The van der Waals surface area contributed by atoms with Crippen molar-refractivity contribution in [3.05, 3.63) is 94.1 Å². The van der Waals surface area contributed by atoms with Crippen LogP contribution < -0.4 is 0 Å². The maximum absolute atomic E-state index is 13.3.